The number of aromatic nitrogens is 1. The number of carbonyl (C=O) groups excluding carboxylic acids is 1. The highest BCUT2D eigenvalue weighted by Gasteiger charge is 2.05. The quantitative estimate of drug-likeness (QED) is 0.845. The first-order valence-corrected chi connectivity index (χ1v) is 6.66. The van der Waals surface area contributed by atoms with Crippen LogP contribution in [0.5, 0.6) is 0 Å². The van der Waals surface area contributed by atoms with Gasteiger partial charge in [-0.1, -0.05) is 43.3 Å². The van der Waals surface area contributed by atoms with Crippen LogP contribution in [0.1, 0.15) is 24.0 Å². The molecule has 0 aliphatic carbocycles. The minimum Gasteiger partial charge on any atom is -0.352 e. The van der Waals surface area contributed by atoms with Crippen LogP contribution in [0.4, 0.5) is 0 Å². The third-order valence-corrected chi connectivity index (χ3v) is 3.06. The summed E-state index contributed by atoms with van der Waals surface area (Å²) in [7, 11) is 0. The maximum absolute atomic E-state index is 11.7. The number of carbonyl (C=O) groups is 1. The van der Waals surface area contributed by atoms with Crippen LogP contribution in [-0.4, -0.2) is 17.4 Å². The Balaban J connectivity index is 1.82. The predicted octanol–water partition coefficient (Wildman–Crippen LogP) is 3.01. The number of nitrogens with one attached hydrogen (secondary N) is 1. The monoisotopic (exact) mass is 266 g/mol. The second-order valence-electron chi connectivity index (χ2n) is 4.68. The van der Waals surface area contributed by atoms with Gasteiger partial charge in [0.1, 0.15) is 0 Å². The molecule has 0 fully saturated rings. The van der Waals surface area contributed by atoms with E-state index in [4.69, 9.17) is 0 Å². The van der Waals surface area contributed by atoms with Crippen LogP contribution in [0.2, 0.25) is 0 Å². The van der Waals surface area contributed by atoms with E-state index in [-0.39, 0.29) is 5.91 Å². The summed E-state index contributed by atoms with van der Waals surface area (Å²) in [6.07, 6.45) is 6.72. The zero-order valence-corrected chi connectivity index (χ0v) is 11.5. The van der Waals surface area contributed by atoms with Crippen LogP contribution < -0.4 is 5.32 Å². The minimum atomic E-state index is -0.0864. The molecular formula is C17H18N2O. The van der Waals surface area contributed by atoms with Crippen molar-refractivity contribution in [3.05, 3.63) is 72.1 Å². The summed E-state index contributed by atoms with van der Waals surface area (Å²) < 4.78 is 0. The van der Waals surface area contributed by atoms with Crippen molar-refractivity contribution in [1.29, 1.82) is 0 Å². The molecule has 0 radical (unpaired) electrons. The smallest absolute Gasteiger partial charge is 0.244 e. The molecule has 1 unspecified atom stereocenters. The number of nitrogens with zero attached hydrogens (tertiary/aromatic N) is 1. The van der Waals surface area contributed by atoms with Crippen molar-refractivity contribution in [3.63, 3.8) is 0 Å². The highest BCUT2D eigenvalue weighted by molar-refractivity contribution is 5.91. The minimum absolute atomic E-state index is 0.0864. The zero-order valence-electron chi connectivity index (χ0n) is 11.5. The fourth-order valence-corrected chi connectivity index (χ4v) is 1.86. The first kappa shape index (κ1) is 14.0. The Labute approximate surface area is 119 Å². The molecule has 1 heterocycles. The molecular weight excluding hydrogens is 248 g/mol. The fourth-order valence-electron chi connectivity index (χ4n) is 1.86. The number of hydrogen-bond donors (Lipinski definition) is 1. The summed E-state index contributed by atoms with van der Waals surface area (Å²) in [5, 5.41) is 2.91. The Kier molecular flexibility index (Phi) is 5.07. The van der Waals surface area contributed by atoms with Gasteiger partial charge in [-0.05, 0) is 29.2 Å². The third-order valence-electron chi connectivity index (χ3n) is 3.06. The van der Waals surface area contributed by atoms with Gasteiger partial charge in [0, 0.05) is 25.0 Å². The molecule has 3 heteroatoms. The van der Waals surface area contributed by atoms with Gasteiger partial charge in [-0.15, -0.1) is 0 Å². The summed E-state index contributed by atoms with van der Waals surface area (Å²) in [5.74, 6) is 0.212. The molecule has 1 aromatic carbocycles. The average Bonchev–Trinajstić information content (AvgIpc) is 2.52. The van der Waals surface area contributed by atoms with E-state index < -0.39 is 0 Å². The Morgan fingerprint density at radius 3 is 2.75 bits per heavy atom. The number of rotatable bonds is 5. The number of hydrogen-bond acceptors (Lipinski definition) is 2. The molecule has 1 N–H and O–H groups in total. The molecule has 0 bridgehead atoms. The van der Waals surface area contributed by atoms with Crippen LogP contribution in [0, 0.1) is 0 Å². The fraction of sp³-hybridized carbons (Fsp3) is 0.176. The first-order chi connectivity index (χ1) is 9.75. The van der Waals surface area contributed by atoms with Crippen LogP contribution in [0.25, 0.3) is 6.08 Å². The molecule has 0 aliphatic rings. The van der Waals surface area contributed by atoms with E-state index in [1.807, 2.05) is 30.3 Å². The second-order valence-corrected chi connectivity index (χ2v) is 4.68. The predicted molar refractivity (Wildman–Crippen MR) is 81.1 cm³/mol. The van der Waals surface area contributed by atoms with Crippen LogP contribution in [0.15, 0.2) is 60.9 Å². The Morgan fingerprint density at radius 1 is 1.25 bits per heavy atom. The molecule has 1 amide bonds. The maximum atomic E-state index is 11.7. The Morgan fingerprint density at radius 2 is 2.05 bits per heavy atom. The van der Waals surface area contributed by atoms with Crippen molar-refractivity contribution >= 4 is 12.0 Å². The van der Waals surface area contributed by atoms with Crippen LogP contribution in [-0.2, 0) is 4.79 Å². The van der Waals surface area contributed by atoms with Crippen molar-refractivity contribution in [2.24, 2.45) is 0 Å². The number of amides is 1. The van der Waals surface area contributed by atoms with E-state index in [0.717, 1.165) is 5.56 Å². The lowest BCUT2D eigenvalue weighted by Crippen LogP contribution is -2.25. The summed E-state index contributed by atoms with van der Waals surface area (Å²) in [6, 6.07) is 13.9. The van der Waals surface area contributed by atoms with E-state index in [2.05, 4.69) is 29.4 Å². The molecule has 2 aromatic rings. The number of benzene rings is 1. The van der Waals surface area contributed by atoms with Gasteiger partial charge in [-0.3, -0.25) is 9.78 Å². The van der Waals surface area contributed by atoms with Crippen molar-refractivity contribution < 1.29 is 4.79 Å². The van der Waals surface area contributed by atoms with Gasteiger partial charge in [0.25, 0.3) is 0 Å². The van der Waals surface area contributed by atoms with Crippen LogP contribution in [0.3, 0.4) is 0 Å². The van der Waals surface area contributed by atoms with E-state index in [1.54, 1.807) is 18.5 Å². The summed E-state index contributed by atoms with van der Waals surface area (Å²) in [6.45, 7) is 2.72. The first-order valence-electron chi connectivity index (χ1n) is 6.66. The molecule has 20 heavy (non-hydrogen) atoms. The summed E-state index contributed by atoms with van der Waals surface area (Å²) >= 11 is 0. The standard InChI is InChI=1S/C17H18N2O/c1-14(16-7-3-2-4-8-16)12-19-17(20)10-9-15-6-5-11-18-13-15/h2-11,13-14H,12H2,1H3,(H,19,20). The van der Waals surface area contributed by atoms with Gasteiger partial charge in [0.15, 0.2) is 0 Å². The van der Waals surface area contributed by atoms with Gasteiger partial charge < -0.3 is 5.32 Å². The molecule has 1 aromatic heterocycles. The topological polar surface area (TPSA) is 42.0 Å². The summed E-state index contributed by atoms with van der Waals surface area (Å²) in [5.41, 5.74) is 2.14. The lowest BCUT2D eigenvalue weighted by atomic mass is 10.0. The van der Waals surface area contributed by atoms with E-state index in [0.29, 0.717) is 12.5 Å². The Bertz CT molecular complexity index is 564. The van der Waals surface area contributed by atoms with E-state index in [1.165, 1.54) is 11.6 Å². The molecule has 102 valence electrons. The Hall–Kier alpha value is -2.42. The SMILES string of the molecule is CC(CNC(=O)C=Cc1cccnc1)c1ccccc1. The van der Waals surface area contributed by atoms with E-state index >= 15 is 0 Å². The van der Waals surface area contributed by atoms with Crippen molar-refractivity contribution in [2.75, 3.05) is 6.54 Å². The van der Waals surface area contributed by atoms with Gasteiger partial charge in [-0.25, -0.2) is 0 Å². The van der Waals surface area contributed by atoms with Crippen molar-refractivity contribution in [1.82, 2.24) is 10.3 Å². The van der Waals surface area contributed by atoms with E-state index in [9.17, 15) is 4.79 Å². The summed E-state index contributed by atoms with van der Waals surface area (Å²) in [4.78, 5) is 15.7. The maximum Gasteiger partial charge on any atom is 0.244 e. The molecule has 0 spiro atoms. The lowest BCUT2D eigenvalue weighted by molar-refractivity contribution is -0.116. The highest BCUT2D eigenvalue weighted by Crippen LogP contribution is 2.12. The molecule has 3 nitrogen and oxygen atoms in total. The largest absolute Gasteiger partial charge is 0.352 e. The molecule has 2 rings (SSSR count). The van der Waals surface area contributed by atoms with Crippen molar-refractivity contribution in [2.45, 2.75) is 12.8 Å². The lowest BCUT2D eigenvalue weighted by Gasteiger charge is -2.11. The van der Waals surface area contributed by atoms with Gasteiger partial charge in [0.2, 0.25) is 5.91 Å². The molecule has 0 aliphatic heterocycles. The van der Waals surface area contributed by atoms with Gasteiger partial charge in [0.05, 0.1) is 0 Å². The normalized spacial score (nSPS) is 12.2. The molecule has 0 saturated heterocycles. The van der Waals surface area contributed by atoms with Crippen LogP contribution >= 0.6 is 0 Å². The average molecular weight is 266 g/mol. The third kappa shape index (κ3) is 4.35. The van der Waals surface area contributed by atoms with Gasteiger partial charge >= 0.3 is 0 Å². The molecule has 1 atom stereocenters. The molecule has 0 saturated carbocycles. The van der Waals surface area contributed by atoms with Gasteiger partial charge in [-0.2, -0.15) is 0 Å². The second kappa shape index (κ2) is 7.24. The zero-order chi connectivity index (χ0) is 14.2. The van der Waals surface area contributed by atoms with Crippen molar-refractivity contribution in [3.8, 4) is 0 Å². The number of pyridine rings is 1. The highest BCUT2D eigenvalue weighted by atomic mass is 16.1.